The number of nitrogens with one attached hydrogen (secondary N) is 2. The molecular weight excluding hydrogens is 338 g/mol. The van der Waals surface area contributed by atoms with Crippen LogP contribution in [0.1, 0.15) is 5.56 Å². The van der Waals surface area contributed by atoms with E-state index in [0.29, 0.717) is 11.4 Å². The third-order valence-electron chi connectivity index (χ3n) is 3.63. The van der Waals surface area contributed by atoms with Crippen molar-refractivity contribution in [2.75, 3.05) is 44.3 Å². The first-order chi connectivity index (χ1) is 11.8. The number of likely N-dealkylation sites (N-methyl/N-ethyl adjacent to an activating group) is 1. The minimum absolute atomic E-state index is 0.128. The van der Waals surface area contributed by atoms with E-state index in [9.17, 15) is 8.42 Å². The fourth-order valence-electron chi connectivity index (χ4n) is 2.28. The van der Waals surface area contributed by atoms with E-state index < -0.39 is 10.0 Å². The highest BCUT2D eigenvalue weighted by atomic mass is 32.2. The number of hydrogen-bond acceptors (Lipinski definition) is 5. The third-order valence-corrected chi connectivity index (χ3v) is 5.04. The minimum Gasteiger partial charge on any atom is -0.495 e. The van der Waals surface area contributed by atoms with Gasteiger partial charge in [-0.15, -0.1) is 0 Å². The highest BCUT2D eigenvalue weighted by molar-refractivity contribution is 7.92. The normalized spacial score (nSPS) is 11.4. The van der Waals surface area contributed by atoms with Crippen molar-refractivity contribution in [2.45, 2.75) is 11.8 Å². The summed E-state index contributed by atoms with van der Waals surface area (Å²) in [7, 11) is 1.76. The smallest absolute Gasteiger partial charge is 0.265 e. The zero-order valence-electron chi connectivity index (χ0n) is 15.0. The highest BCUT2D eigenvalue weighted by Crippen LogP contribution is 2.27. The lowest BCUT2D eigenvalue weighted by Gasteiger charge is -2.14. The van der Waals surface area contributed by atoms with Crippen molar-refractivity contribution in [3.8, 4) is 5.75 Å². The molecule has 0 aromatic heterocycles. The van der Waals surface area contributed by atoms with Crippen LogP contribution >= 0.6 is 0 Å². The first-order valence-electron chi connectivity index (χ1n) is 7.98. The van der Waals surface area contributed by atoms with Gasteiger partial charge in [-0.05, 0) is 63.0 Å². The molecule has 0 saturated heterocycles. The van der Waals surface area contributed by atoms with Gasteiger partial charge in [-0.25, -0.2) is 8.42 Å². The number of benzene rings is 2. The predicted octanol–water partition coefficient (Wildman–Crippen LogP) is 2.78. The molecule has 0 heterocycles. The Bertz CT molecular complexity index is 803. The molecule has 2 aromatic carbocycles. The molecule has 136 valence electrons. The summed E-state index contributed by atoms with van der Waals surface area (Å²) in [5.74, 6) is 0.320. The first-order valence-corrected chi connectivity index (χ1v) is 9.46. The Morgan fingerprint density at radius 1 is 1.04 bits per heavy atom. The molecule has 2 N–H and O–H groups in total. The van der Waals surface area contributed by atoms with Crippen LogP contribution in [0.4, 0.5) is 11.4 Å². The number of sulfonamides is 1. The number of aryl methyl sites for hydroxylation is 1. The molecule has 0 amide bonds. The summed E-state index contributed by atoms with van der Waals surface area (Å²) >= 11 is 0. The van der Waals surface area contributed by atoms with Gasteiger partial charge >= 0.3 is 0 Å². The monoisotopic (exact) mass is 363 g/mol. The van der Waals surface area contributed by atoms with Gasteiger partial charge in [0.05, 0.1) is 7.11 Å². The Kier molecular flexibility index (Phi) is 6.27. The van der Waals surface area contributed by atoms with Crippen molar-refractivity contribution < 1.29 is 13.2 Å². The molecule has 0 radical (unpaired) electrons. The van der Waals surface area contributed by atoms with E-state index in [-0.39, 0.29) is 4.90 Å². The quantitative estimate of drug-likeness (QED) is 0.755. The van der Waals surface area contributed by atoms with Gasteiger partial charge in [0.1, 0.15) is 10.6 Å². The Labute approximate surface area is 149 Å². The van der Waals surface area contributed by atoms with E-state index in [1.165, 1.54) is 7.11 Å². The van der Waals surface area contributed by atoms with Crippen LogP contribution in [0, 0.1) is 6.92 Å². The molecule has 0 unspecified atom stereocenters. The van der Waals surface area contributed by atoms with Gasteiger partial charge in [0.2, 0.25) is 0 Å². The molecule has 2 rings (SSSR count). The molecule has 0 fully saturated rings. The lowest BCUT2D eigenvalue weighted by atomic mass is 10.2. The van der Waals surface area contributed by atoms with Crippen LogP contribution in [0.15, 0.2) is 47.4 Å². The lowest BCUT2D eigenvalue weighted by Crippen LogP contribution is -2.20. The molecule has 7 heteroatoms. The number of nitrogens with zero attached hydrogens (tertiary/aromatic N) is 1. The summed E-state index contributed by atoms with van der Waals surface area (Å²) in [5.41, 5.74) is 2.29. The van der Waals surface area contributed by atoms with Crippen molar-refractivity contribution in [1.82, 2.24) is 4.90 Å². The van der Waals surface area contributed by atoms with Crippen molar-refractivity contribution in [3.63, 3.8) is 0 Å². The summed E-state index contributed by atoms with van der Waals surface area (Å²) in [4.78, 5) is 2.22. The highest BCUT2D eigenvalue weighted by Gasteiger charge is 2.19. The minimum atomic E-state index is -3.72. The number of ether oxygens (including phenoxy) is 1. The maximum absolute atomic E-state index is 12.7. The van der Waals surface area contributed by atoms with Crippen molar-refractivity contribution in [2.24, 2.45) is 0 Å². The zero-order chi connectivity index (χ0) is 18.4. The zero-order valence-corrected chi connectivity index (χ0v) is 15.9. The lowest BCUT2D eigenvalue weighted by molar-refractivity contribution is 0.402. The maximum Gasteiger partial charge on any atom is 0.265 e. The third kappa shape index (κ3) is 5.37. The van der Waals surface area contributed by atoms with Gasteiger partial charge in [0, 0.05) is 24.5 Å². The first kappa shape index (κ1) is 19.1. The molecule has 0 aliphatic heterocycles. The van der Waals surface area contributed by atoms with E-state index in [1.807, 2.05) is 39.2 Å². The topological polar surface area (TPSA) is 70.7 Å². The van der Waals surface area contributed by atoms with E-state index in [0.717, 1.165) is 24.3 Å². The summed E-state index contributed by atoms with van der Waals surface area (Å²) in [6, 6.07) is 12.2. The Morgan fingerprint density at radius 2 is 1.68 bits per heavy atom. The molecule has 6 nitrogen and oxygen atoms in total. The van der Waals surface area contributed by atoms with Gasteiger partial charge in [-0.1, -0.05) is 6.07 Å². The average Bonchev–Trinajstić information content (AvgIpc) is 2.56. The molecule has 25 heavy (non-hydrogen) atoms. The van der Waals surface area contributed by atoms with Gasteiger partial charge in [-0.3, -0.25) is 4.72 Å². The fraction of sp³-hybridized carbons (Fsp3) is 0.333. The number of methoxy groups -OCH3 is 1. The second kappa shape index (κ2) is 8.22. The van der Waals surface area contributed by atoms with E-state index in [1.54, 1.807) is 24.3 Å². The summed E-state index contributed by atoms with van der Waals surface area (Å²) in [5, 5.41) is 3.28. The summed E-state index contributed by atoms with van der Waals surface area (Å²) in [6.07, 6.45) is 0. The van der Waals surface area contributed by atoms with Crippen molar-refractivity contribution in [3.05, 3.63) is 48.0 Å². The van der Waals surface area contributed by atoms with Gasteiger partial charge in [0.25, 0.3) is 10.0 Å². The van der Waals surface area contributed by atoms with Crippen LogP contribution in [0.5, 0.6) is 5.75 Å². The summed E-state index contributed by atoms with van der Waals surface area (Å²) in [6.45, 7) is 3.58. The molecular formula is C18H25N3O3S. The van der Waals surface area contributed by atoms with E-state index >= 15 is 0 Å². The van der Waals surface area contributed by atoms with Crippen LogP contribution in [0.3, 0.4) is 0 Å². The number of rotatable bonds is 8. The number of hydrogen-bond donors (Lipinski definition) is 2. The van der Waals surface area contributed by atoms with Gasteiger partial charge < -0.3 is 15.0 Å². The molecule has 0 atom stereocenters. The van der Waals surface area contributed by atoms with Crippen LogP contribution in [0.2, 0.25) is 0 Å². The van der Waals surface area contributed by atoms with Crippen LogP contribution in [-0.2, 0) is 10.0 Å². The fourth-order valence-corrected chi connectivity index (χ4v) is 3.60. The van der Waals surface area contributed by atoms with E-state index in [2.05, 4.69) is 14.9 Å². The van der Waals surface area contributed by atoms with Gasteiger partial charge in [0.15, 0.2) is 0 Å². The second-order valence-corrected chi connectivity index (χ2v) is 7.72. The SMILES string of the molecule is COc1ccc(C)cc1S(=O)(=O)Nc1ccc(NCCN(C)C)cc1. The molecule has 0 spiro atoms. The average molecular weight is 363 g/mol. The molecule has 0 bridgehead atoms. The largest absolute Gasteiger partial charge is 0.495 e. The standard InChI is InChI=1S/C18H25N3O3S/c1-14-5-10-17(24-4)18(13-14)25(22,23)20-16-8-6-15(7-9-16)19-11-12-21(2)3/h5-10,13,19-20H,11-12H2,1-4H3. The van der Waals surface area contributed by atoms with Crippen LogP contribution < -0.4 is 14.8 Å². The maximum atomic E-state index is 12.7. The molecule has 0 aliphatic rings. The second-order valence-electron chi connectivity index (χ2n) is 6.07. The van der Waals surface area contributed by atoms with E-state index in [4.69, 9.17) is 4.74 Å². The van der Waals surface area contributed by atoms with Crippen LogP contribution in [0.25, 0.3) is 0 Å². The molecule has 0 aliphatic carbocycles. The van der Waals surface area contributed by atoms with Crippen LogP contribution in [-0.4, -0.2) is 47.6 Å². The Hall–Kier alpha value is -2.25. The number of anilines is 2. The predicted molar refractivity (Wildman–Crippen MR) is 102 cm³/mol. The Balaban J connectivity index is 2.12. The Morgan fingerprint density at radius 3 is 2.28 bits per heavy atom. The summed E-state index contributed by atoms with van der Waals surface area (Å²) < 4.78 is 33.1. The van der Waals surface area contributed by atoms with Crippen molar-refractivity contribution >= 4 is 21.4 Å². The van der Waals surface area contributed by atoms with Crippen molar-refractivity contribution in [1.29, 1.82) is 0 Å². The van der Waals surface area contributed by atoms with Gasteiger partial charge in [-0.2, -0.15) is 0 Å². The molecule has 2 aromatic rings. The molecule has 0 saturated carbocycles.